The smallest absolute Gasteiger partial charge is 0.274 e. The van der Waals surface area contributed by atoms with Crippen molar-refractivity contribution in [1.29, 1.82) is 0 Å². The molecule has 0 aliphatic heterocycles. The van der Waals surface area contributed by atoms with E-state index in [0.717, 1.165) is 0 Å². The maximum Gasteiger partial charge on any atom is 0.274 e. The standard InChI is InChI=1S/C14H13N5O2S/c1-18-7-4-5-10(18)13(21)15-12(20)9-22-14-17-16-11-6-2-3-8-19(11)14/h2-8H,9H2,1H3,(H,15,20,21). The summed E-state index contributed by atoms with van der Waals surface area (Å²) in [6.45, 7) is 0. The lowest BCUT2D eigenvalue weighted by molar-refractivity contribution is -0.117. The minimum absolute atomic E-state index is 0.0891. The number of rotatable bonds is 4. The molecule has 0 bridgehead atoms. The second-order valence-electron chi connectivity index (χ2n) is 4.58. The molecule has 8 heteroatoms. The lowest BCUT2D eigenvalue weighted by atomic mass is 10.4. The third-order valence-electron chi connectivity index (χ3n) is 3.04. The van der Waals surface area contributed by atoms with Crippen molar-refractivity contribution in [1.82, 2.24) is 24.5 Å². The molecular weight excluding hydrogens is 302 g/mol. The SMILES string of the molecule is Cn1cccc1C(=O)NC(=O)CSc1nnc2ccccn12. The minimum atomic E-state index is -0.413. The van der Waals surface area contributed by atoms with E-state index in [1.54, 1.807) is 34.3 Å². The molecular formula is C14H13N5O2S. The first-order valence-electron chi connectivity index (χ1n) is 6.53. The van der Waals surface area contributed by atoms with Gasteiger partial charge in [0, 0.05) is 19.4 Å². The molecule has 22 heavy (non-hydrogen) atoms. The van der Waals surface area contributed by atoms with Crippen molar-refractivity contribution < 1.29 is 9.59 Å². The number of aryl methyl sites for hydroxylation is 1. The predicted octanol–water partition coefficient (Wildman–Crippen LogP) is 1.12. The molecule has 3 heterocycles. The van der Waals surface area contributed by atoms with Gasteiger partial charge < -0.3 is 4.57 Å². The summed E-state index contributed by atoms with van der Waals surface area (Å²) in [5.74, 6) is -0.695. The zero-order chi connectivity index (χ0) is 15.5. The highest BCUT2D eigenvalue weighted by atomic mass is 32.2. The van der Waals surface area contributed by atoms with Crippen LogP contribution in [0.4, 0.5) is 0 Å². The van der Waals surface area contributed by atoms with E-state index < -0.39 is 5.91 Å². The zero-order valence-corrected chi connectivity index (χ0v) is 12.6. The van der Waals surface area contributed by atoms with Gasteiger partial charge in [-0.2, -0.15) is 0 Å². The topological polar surface area (TPSA) is 81.3 Å². The molecule has 0 unspecified atom stereocenters. The van der Waals surface area contributed by atoms with E-state index >= 15 is 0 Å². The van der Waals surface area contributed by atoms with Gasteiger partial charge in [0.05, 0.1) is 5.75 Å². The average Bonchev–Trinajstić information content (AvgIpc) is 3.11. The van der Waals surface area contributed by atoms with Crippen LogP contribution in [0.25, 0.3) is 5.65 Å². The summed E-state index contributed by atoms with van der Waals surface area (Å²) in [4.78, 5) is 23.8. The van der Waals surface area contributed by atoms with Gasteiger partial charge in [-0.15, -0.1) is 10.2 Å². The summed E-state index contributed by atoms with van der Waals surface area (Å²) >= 11 is 1.23. The number of amides is 2. The van der Waals surface area contributed by atoms with Crippen LogP contribution in [0.15, 0.2) is 47.9 Å². The van der Waals surface area contributed by atoms with Crippen molar-refractivity contribution in [2.75, 3.05) is 5.75 Å². The highest BCUT2D eigenvalue weighted by molar-refractivity contribution is 7.99. The Morgan fingerprint density at radius 3 is 2.82 bits per heavy atom. The number of hydrogen-bond acceptors (Lipinski definition) is 5. The highest BCUT2D eigenvalue weighted by Crippen LogP contribution is 2.16. The van der Waals surface area contributed by atoms with Gasteiger partial charge in [-0.25, -0.2) is 0 Å². The summed E-state index contributed by atoms with van der Waals surface area (Å²) in [5, 5.41) is 11.0. The van der Waals surface area contributed by atoms with Gasteiger partial charge in [-0.1, -0.05) is 17.8 Å². The molecule has 0 radical (unpaired) electrons. The fourth-order valence-electron chi connectivity index (χ4n) is 1.97. The molecule has 0 aliphatic carbocycles. The van der Waals surface area contributed by atoms with Gasteiger partial charge in [0.2, 0.25) is 5.91 Å². The molecule has 0 spiro atoms. The summed E-state index contributed by atoms with van der Waals surface area (Å²) in [7, 11) is 1.75. The molecule has 3 rings (SSSR count). The summed E-state index contributed by atoms with van der Waals surface area (Å²) < 4.78 is 3.44. The first-order chi connectivity index (χ1) is 10.6. The van der Waals surface area contributed by atoms with Crippen LogP contribution in [-0.2, 0) is 11.8 Å². The monoisotopic (exact) mass is 315 g/mol. The first-order valence-corrected chi connectivity index (χ1v) is 7.52. The summed E-state index contributed by atoms with van der Waals surface area (Å²) in [6.07, 6.45) is 3.57. The Hall–Kier alpha value is -2.61. The first kappa shape index (κ1) is 14.3. The van der Waals surface area contributed by atoms with Crippen LogP contribution >= 0.6 is 11.8 Å². The Labute approximate surface area is 130 Å². The quantitative estimate of drug-likeness (QED) is 0.730. The molecule has 1 N–H and O–H groups in total. The van der Waals surface area contributed by atoms with Crippen LogP contribution in [0, 0.1) is 0 Å². The van der Waals surface area contributed by atoms with Gasteiger partial charge in [0.1, 0.15) is 5.69 Å². The number of nitrogens with one attached hydrogen (secondary N) is 1. The van der Waals surface area contributed by atoms with Crippen LogP contribution in [-0.4, -0.2) is 36.7 Å². The fourth-order valence-corrected chi connectivity index (χ4v) is 2.70. The molecule has 0 saturated carbocycles. The Kier molecular flexibility index (Phi) is 3.92. The summed E-state index contributed by atoms with van der Waals surface area (Å²) in [6, 6.07) is 8.96. The van der Waals surface area contributed by atoms with E-state index in [0.29, 0.717) is 16.5 Å². The Bertz CT molecular complexity index is 839. The van der Waals surface area contributed by atoms with E-state index in [1.807, 2.05) is 24.4 Å². The van der Waals surface area contributed by atoms with Gasteiger partial charge in [-0.3, -0.25) is 19.3 Å². The fraction of sp³-hybridized carbons (Fsp3) is 0.143. The minimum Gasteiger partial charge on any atom is -0.347 e. The van der Waals surface area contributed by atoms with Crippen LogP contribution in [0.1, 0.15) is 10.5 Å². The van der Waals surface area contributed by atoms with Gasteiger partial charge in [0.25, 0.3) is 5.91 Å². The maximum absolute atomic E-state index is 11.9. The van der Waals surface area contributed by atoms with Crippen molar-refractivity contribution >= 4 is 29.2 Å². The van der Waals surface area contributed by atoms with Crippen molar-refractivity contribution in [3.05, 3.63) is 48.4 Å². The van der Waals surface area contributed by atoms with Crippen LogP contribution in [0.2, 0.25) is 0 Å². The Morgan fingerprint density at radius 2 is 2.05 bits per heavy atom. The number of carbonyl (C=O) groups is 2. The number of carbonyl (C=O) groups excluding carboxylic acids is 2. The van der Waals surface area contributed by atoms with Crippen LogP contribution in [0.5, 0.6) is 0 Å². The van der Waals surface area contributed by atoms with E-state index in [-0.39, 0.29) is 11.7 Å². The normalized spacial score (nSPS) is 10.8. The molecule has 7 nitrogen and oxygen atoms in total. The maximum atomic E-state index is 11.9. The molecule has 0 fully saturated rings. The Morgan fingerprint density at radius 1 is 1.18 bits per heavy atom. The molecule has 0 atom stereocenters. The lowest BCUT2D eigenvalue weighted by Gasteiger charge is -2.04. The number of fused-ring (bicyclic) bond motifs is 1. The van der Waals surface area contributed by atoms with Gasteiger partial charge >= 0.3 is 0 Å². The van der Waals surface area contributed by atoms with Crippen molar-refractivity contribution in [2.24, 2.45) is 7.05 Å². The third kappa shape index (κ3) is 2.86. The van der Waals surface area contributed by atoms with Crippen molar-refractivity contribution in [2.45, 2.75) is 5.16 Å². The predicted molar refractivity (Wildman–Crippen MR) is 81.6 cm³/mol. The second kappa shape index (κ2) is 6.02. The van der Waals surface area contributed by atoms with Gasteiger partial charge in [-0.05, 0) is 24.3 Å². The number of nitrogens with zero attached hydrogens (tertiary/aromatic N) is 4. The van der Waals surface area contributed by atoms with Crippen molar-refractivity contribution in [3.8, 4) is 0 Å². The number of thioether (sulfide) groups is 1. The molecule has 3 aromatic heterocycles. The Balaban J connectivity index is 1.61. The third-order valence-corrected chi connectivity index (χ3v) is 3.99. The largest absolute Gasteiger partial charge is 0.347 e. The number of aromatic nitrogens is 4. The molecule has 112 valence electrons. The van der Waals surface area contributed by atoms with E-state index in [1.165, 1.54) is 11.8 Å². The molecule has 0 aromatic carbocycles. The van der Waals surface area contributed by atoms with E-state index in [4.69, 9.17) is 0 Å². The molecule has 0 saturated heterocycles. The van der Waals surface area contributed by atoms with Gasteiger partial charge in [0.15, 0.2) is 10.8 Å². The molecule has 3 aromatic rings. The number of hydrogen-bond donors (Lipinski definition) is 1. The lowest BCUT2D eigenvalue weighted by Crippen LogP contribution is -2.33. The van der Waals surface area contributed by atoms with Crippen molar-refractivity contribution in [3.63, 3.8) is 0 Å². The average molecular weight is 315 g/mol. The number of pyridine rings is 1. The second-order valence-corrected chi connectivity index (χ2v) is 5.52. The number of imide groups is 1. The summed E-state index contributed by atoms with van der Waals surface area (Å²) in [5.41, 5.74) is 1.15. The van der Waals surface area contributed by atoms with Crippen LogP contribution in [0.3, 0.4) is 0 Å². The zero-order valence-electron chi connectivity index (χ0n) is 11.8. The highest BCUT2D eigenvalue weighted by Gasteiger charge is 2.14. The van der Waals surface area contributed by atoms with E-state index in [9.17, 15) is 9.59 Å². The molecule has 0 aliphatic rings. The van der Waals surface area contributed by atoms with E-state index in [2.05, 4.69) is 15.5 Å². The molecule has 2 amide bonds. The van der Waals surface area contributed by atoms with Crippen LogP contribution < -0.4 is 5.32 Å².